The third-order valence-corrected chi connectivity index (χ3v) is 5.24. The predicted octanol–water partition coefficient (Wildman–Crippen LogP) is 5.34. The molecule has 4 rings (SSSR count). The van der Waals surface area contributed by atoms with E-state index in [1.807, 2.05) is 48.7 Å². The van der Waals surface area contributed by atoms with E-state index < -0.39 is 0 Å². The molecule has 4 aromatic rings. The highest BCUT2D eigenvalue weighted by molar-refractivity contribution is 7.13. The van der Waals surface area contributed by atoms with Crippen LogP contribution in [0.1, 0.15) is 21.5 Å². The van der Waals surface area contributed by atoms with Gasteiger partial charge in [0.05, 0.1) is 21.7 Å². The highest BCUT2D eigenvalue weighted by atomic mass is 32.1. The molecular formula is C22H17FN2OS. The number of rotatable bonds is 4. The molecule has 0 aliphatic heterocycles. The first-order valence-corrected chi connectivity index (χ1v) is 9.46. The third-order valence-electron chi connectivity index (χ3n) is 4.35. The Bertz CT molecular complexity index is 1110. The third kappa shape index (κ3) is 3.73. The van der Waals surface area contributed by atoms with Gasteiger partial charge >= 0.3 is 0 Å². The van der Waals surface area contributed by atoms with Crippen LogP contribution in [0.2, 0.25) is 0 Å². The Morgan fingerprint density at radius 3 is 2.67 bits per heavy atom. The van der Waals surface area contributed by atoms with Crippen molar-refractivity contribution in [3.05, 3.63) is 88.6 Å². The van der Waals surface area contributed by atoms with Crippen molar-refractivity contribution in [3.8, 4) is 10.6 Å². The van der Waals surface area contributed by atoms with Crippen molar-refractivity contribution in [3.63, 3.8) is 0 Å². The summed E-state index contributed by atoms with van der Waals surface area (Å²) in [6.07, 6.45) is 0. The lowest BCUT2D eigenvalue weighted by Crippen LogP contribution is -2.23. The maximum absolute atomic E-state index is 13.0. The predicted molar refractivity (Wildman–Crippen MR) is 107 cm³/mol. The summed E-state index contributed by atoms with van der Waals surface area (Å²) in [5.74, 6) is -0.462. The minimum atomic E-state index is -0.290. The van der Waals surface area contributed by atoms with Gasteiger partial charge in [-0.3, -0.25) is 4.79 Å². The van der Waals surface area contributed by atoms with Crippen molar-refractivity contribution in [1.29, 1.82) is 0 Å². The molecule has 0 spiro atoms. The van der Waals surface area contributed by atoms with Gasteiger partial charge in [0.15, 0.2) is 0 Å². The second kappa shape index (κ2) is 7.29. The van der Waals surface area contributed by atoms with E-state index >= 15 is 0 Å². The van der Waals surface area contributed by atoms with Gasteiger partial charge in [-0.1, -0.05) is 29.8 Å². The van der Waals surface area contributed by atoms with Gasteiger partial charge in [0, 0.05) is 11.9 Å². The van der Waals surface area contributed by atoms with Crippen molar-refractivity contribution < 1.29 is 9.18 Å². The van der Waals surface area contributed by atoms with Gasteiger partial charge in [-0.2, -0.15) is 0 Å². The Morgan fingerprint density at radius 2 is 1.93 bits per heavy atom. The van der Waals surface area contributed by atoms with Crippen LogP contribution in [-0.4, -0.2) is 10.9 Å². The molecule has 2 heterocycles. The molecule has 0 aliphatic rings. The van der Waals surface area contributed by atoms with E-state index in [1.54, 1.807) is 23.5 Å². The van der Waals surface area contributed by atoms with Gasteiger partial charge in [0.1, 0.15) is 5.82 Å². The minimum Gasteiger partial charge on any atom is -0.348 e. The van der Waals surface area contributed by atoms with Crippen molar-refractivity contribution >= 4 is 28.1 Å². The van der Waals surface area contributed by atoms with E-state index in [1.165, 1.54) is 12.1 Å². The minimum absolute atomic E-state index is 0.171. The molecule has 1 N–H and O–H groups in total. The van der Waals surface area contributed by atoms with Crippen LogP contribution < -0.4 is 5.32 Å². The second-order valence-electron chi connectivity index (χ2n) is 6.36. The maximum Gasteiger partial charge on any atom is 0.252 e. The van der Waals surface area contributed by atoms with Crippen molar-refractivity contribution in [1.82, 2.24) is 10.3 Å². The van der Waals surface area contributed by atoms with Gasteiger partial charge in [0.2, 0.25) is 0 Å². The maximum atomic E-state index is 13.0. The van der Waals surface area contributed by atoms with E-state index in [2.05, 4.69) is 5.32 Å². The number of aryl methyl sites for hydroxylation is 1. The van der Waals surface area contributed by atoms with Crippen LogP contribution in [-0.2, 0) is 6.54 Å². The SMILES string of the molecule is Cc1ccc2nc(-c3cccs3)cc(C(=O)NCc3ccc(F)cc3)c2c1. The number of hydrogen-bond donors (Lipinski definition) is 1. The molecule has 3 nitrogen and oxygen atoms in total. The second-order valence-corrected chi connectivity index (χ2v) is 7.31. The van der Waals surface area contributed by atoms with E-state index in [9.17, 15) is 9.18 Å². The van der Waals surface area contributed by atoms with Gasteiger partial charge in [-0.05, 0) is 54.3 Å². The summed E-state index contributed by atoms with van der Waals surface area (Å²) in [5, 5.41) is 5.75. The standard InChI is InChI=1S/C22H17FN2OS/c1-14-4-9-19-17(11-14)18(12-20(25-19)21-3-2-10-27-21)22(26)24-13-15-5-7-16(23)8-6-15/h2-12H,13H2,1H3,(H,24,26). The lowest BCUT2D eigenvalue weighted by atomic mass is 10.0. The molecule has 1 amide bonds. The Labute approximate surface area is 160 Å². The Balaban J connectivity index is 1.70. The Kier molecular flexibility index (Phi) is 4.69. The molecule has 27 heavy (non-hydrogen) atoms. The van der Waals surface area contributed by atoms with Crippen LogP contribution in [0.25, 0.3) is 21.5 Å². The van der Waals surface area contributed by atoms with E-state index in [0.717, 1.165) is 32.6 Å². The smallest absolute Gasteiger partial charge is 0.252 e. The van der Waals surface area contributed by atoms with Crippen LogP contribution in [0.5, 0.6) is 0 Å². The van der Waals surface area contributed by atoms with Crippen molar-refractivity contribution in [2.45, 2.75) is 13.5 Å². The number of fused-ring (bicyclic) bond motifs is 1. The number of halogens is 1. The highest BCUT2D eigenvalue weighted by Crippen LogP contribution is 2.28. The average Bonchev–Trinajstić information content (AvgIpc) is 3.21. The highest BCUT2D eigenvalue weighted by Gasteiger charge is 2.14. The fraction of sp³-hybridized carbons (Fsp3) is 0.0909. The van der Waals surface area contributed by atoms with Crippen LogP contribution in [0, 0.1) is 12.7 Å². The van der Waals surface area contributed by atoms with Crippen LogP contribution in [0.15, 0.2) is 66.0 Å². The van der Waals surface area contributed by atoms with E-state index in [-0.39, 0.29) is 11.7 Å². The zero-order chi connectivity index (χ0) is 18.8. The van der Waals surface area contributed by atoms with Crippen molar-refractivity contribution in [2.75, 3.05) is 0 Å². The normalized spacial score (nSPS) is 10.9. The fourth-order valence-corrected chi connectivity index (χ4v) is 3.64. The fourth-order valence-electron chi connectivity index (χ4n) is 2.96. The number of pyridine rings is 1. The summed E-state index contributed by atoms with van der Waals surface area (Å²) >= 11 is 1.59. The van der Waals surface area contributed by atoms with Crippen LogP contribution >= 0.6 is 11.3 Å². The summed E-state index contributed by atoms with van der Waals surface area (Å²) in [6.45, 7) is 2.33. The molecule has 0 radical (unpaired) electrons. The lowest BCUT2D eigenvalue weighted by molar-refractivity contribution is 0.0952. The van der Waals surface area contributed by atoms with Crippen molar-refractivity contribution in [2.24, 2.45) is 0 Å². The molecule has 0 saturated carbocycles. The zero-order valence-corrected chi connectivity index (χ0v) is 15.5. The van der Waals surface area contributed by atoms with Gasteiger partial charge in [-0.25, -0.2) is 9.37 Å². The molecular weight excluding hydrogens is 359 g/mol. The Morgan fingerprint density at radius 1 is 1.11 bits per heavy atom. The summed E-state index contributed by atoms with van der Waals surface area (Å²) in [7, 11) is 0. The number of carbonyl (C=O) groups is 1. The molecule has 5 heteroatoms. The molecule has 0 unspecified atom stereocenters. The first-order chi connectivity index (χ1) is 13.1. The number of nitrogens with zero attached hydrogens (tertiary/aromatic N) is 1. The summed E-state index contributed by atoms with van der Waals surface area (Å²) in [6, 6.07) is 17.8. The van der Waals surface area contributed by atoms with Gasteiger partial charge in [0.25, 0.3) is 5.91 Å². The number of thiophene rings is 1. The summed E-state index contributed by atoms with van der Waals surface area (Å²) in [4.78, 5) is 18.7. The molecule has 0 atom stereocenters. The molecule has 2 aromatic carbocycles. The van der Waals surface area contributed by atoms with E-state index in [4.69, 9.17) is 4.98 Å². The zero-order valence-electron chi connectivity index (χ0n) is 14.7. The number of carbonyl (C=O) groups excluding carboxylic acids is 1. The van der Waals surface area contributed by atoms with Crippen LogP contribution in [0.4, 0.5) is 4.39 Å². The molecule has 0 aliphatic carbocycles. The number of nitrogens with one attached hydrogen (secondary N) is 1. The first kappa shape index (κ1) is 17.4. The lowest BCUT2D eigenvalue weighted by Gasteiger charge is -2.11. The quantitative estimate of drug-likeness (QED) is 0.522. The number of hydrogen-bond acceptors (Lipinski definition) is 3. The number of amides is 1. The molecule has 0 saturated heterocycles. The number of aromatic nitrogens is 1. The van der Waals surface area contributed by atoms with Gasteiger partial charge < -0.3 is 5.32 Å². The van der Waals surface area contributed by atoms with Crippen LogP contribution in [0.3, 0.4) is 0 Å². The molecule has 0 bridgehead atoms. The van der Waals surface area contributed by atoms with E-state index in [0.29, 0.717) is 12.1 Å². The number of benzene rings is 2. The molecule has 2 aromatic heterocycles. The topological polar surface area (TPSA) is 42.0 Å². The Hall–Kier alpha value is -3.05. The molecule has 0 fully saturated rings. The average molecular weight is 376 g/mol. The largest absolute Gasteiger partial charge is 0.348 e. The monoisotopic (exact) mass is 376 g/mol. The first-order valence-electron chi connectivity index (χ1n) is 8.58. The van der Waals surface area contributed by atoms with Gasteiger partial charge in [-0.15, -0.1) is 11.3 Å². The summed E-state index contributed by atoms with van der Waals surface area (Å²) in [5.41, 5.74) is 4.08. The molecule has 134 valence electrons. The summed E-state index contributed by atoms with van der Waals surface area (Å²) < 4.78 is 13.0.